The third-order valence-electron chi connectivity index (χ3n) is 3.36. The second kappa shape index (κ2) is 7.04. The molecule has 0 bridgehead atoms. The van der Waals surface area contributed by atoms with Gasteiger partial charge in [-0.1, -0.05) is 0 Å². The summed E-state index contributed by atoms with van der Waals surface area (Å²) in [4.78, 5) is 27.2. The molecular formula is C15H22N2O3S. The molecular weight excluding hydrogens is 288 g/mol. The summed E-state index contributed by atoms with van der Waals surface area (Å²) in [6.45, 7) is 2.43. The van der Waals surface area contributed by atoms with Crippen molar-refractivity contribution in [2.75, 3.05) is 32.6 Å². The summed E-state index contributed by atoms with van der Waals surface area (Å²) in [7, 11) is 3.68. The molecule has 1 N–H and O–H groups in total. The van der Waals surface area contributed by atoms with Crippen LogP contribution in [0.3, 0.4) is 0 Å². The van der Waals surface area contributed by atoms with Gasteiger partial charge in [-0.05, 0) is 52.3 Å². The standard InChI is InChI=1S/C15H22N2O3S/c1-4-20-15(19)13-10-7-5-6-8-11(10)21-14(13)16-12(18)9-17(2)3/h4-9H2,1-3H3,(H,16,18). The van der Waals surface area contributed by atoms with Gasteiger partial charge in [-0.25, -0.2) is 4.79 Å². The minimum atomic E-state index is -0.322. The van der Waals surface area contributed by atoms with Gasteiger partial charge in [0, 0.05) is 4.88 Å². The Labute approximate surface area is 129 Å². The Kier molecular flexibility index (Phi) is 5.36. The number of aryl methyl sites for hydroxylation is 1. The number of amides is 1. The number of rotatable bonds is 5. The number of likely N-dealkylation sites (N-methyl/N-ethyl adjacent to an activating group) is 1. The van der Waals surface area contributed by atoms with Crippen LogP contribution in [0.25, 0.3) is 0 Å². The van der Waals surface area contributed by atoms with Crippen molar-refractivity contribution >= 4 is 28.2 Å². The molecule has 1 aliphatic carbocycles. The molecule has 0 saturated heterocycles. The molecule has 116 valence electrons. The van der Waals surface area contributed by atoms with Crippen molar-refractivity contribution in [3.8, 4) is 0 Å². The molecule has 21 heavy (non-hydrogen) atoms. The van der Waals surface area contributed by atoms with Gasteiger partial charge in [0.2, 0.25) is 5.91 Å². The Morgan fingerprint density at radius 1 is 1.29 bits per heavy atom. The number of nitrogens with one attached hydrogen (secondary N) is 1. The summed E-state index contributed by atoms with van der Waals surface area (Å²) >= 11 is 1.52. The van der Waals surface area contributed by atoms with Crippen molar-refractivity contribution in [1.82, 2.24) is 4.90 Å². The molecule has 1 aromatic heterocycles. The maximum atomic E-state index is 12.2. The van der Waals surface area contributed by atoms with Gasteiger partial charge in [-0.3, -0.25) is 4.79 Å². The Morgan fingerprint density at radius 2 is 2.00 bits per heavy atom. The minimum Gasteiger partial charge on any atom is -0.462 e. The Bertz CT molecular complexity index is 537. The number of nitrogens with zero attached hydrogens (tertiary/aromatic N) is 1. The first kappa shape index (κ1) is 16.0. The van der Waals surface area contributed by atoms with E-state index in [4.69, 9.17) is 4.74 Å². The lowest BCUT2D eigenvalue weighted by Crippen LogP contribution is -2.27. The van der Waals surface area contributed by atoms with E-state index in [-0.39, 0.29) is 11.9 Å². The van der Waals surface area contributed by atoms with Crippen molar-refractivity contribution in [2.45, 2.75) is 32.6 Å². The second-order valence-electron chi connectivity index (χ2n) is 5.42. The SMILES string of the molecule is CCOC(=O)c1c(NC(=O)CN(C)C)sc2c1CCCC2. The quantitative estimate of drug-likeness (QED) is 0.848. The maximum Gasteiger partial charge on any atom is 0.341 e. The van der Waals surface area contributed by atoms with Crippen molar-refractivity contribution in [2.24, 2.45) is 0 Å². The average molecular weight is 310 g/mol. The summed E-state index contributed by atoms with van der Waals surface area (Å²) < 4.78 is 5.16. The number of thiophene rings is 1. The van der Waals surface area contributed by atoms with Gasteiger partial charge in [0.05, 0.1) is 18.7 Å². The van der Waals surface area contributed by atoms with Gasteiger partial charge >= 0.3 is 5.97 Å². The monoisotopic (exact) mass is 310 g/mol. The zero-order chi connectivity index (χ0) is 15.4. The van der Waals surface area contributed by atoms with E-state index in [1.807, 2.05) is 14.1 Å². The Hall–Kier alpha value is -1.40. The van der Waals surface area contributed by atoms with E-state index in [1.54, 1.807) is 11.8 Å². The molecule has 0 aliphatic heterocycles. The van der Waals surface area contributed by atoms with E-state index < -0.39 is 0 Å². The molecule has 1 aromatic rings. The largest absolute Gasteiger partial charge is 0.462 e. The van der Waals surface area contributed by atoms with E-state index in [0.29, 0.717) is 23.7 Å². The van der Waals surface area contributed by atoms with Crippen LogP contribution in [-0.4, -0.2) is 44.0 Å². The first-order valence-electron chi connectivity index (χ1n) is 7.29. The van der Waals surface area contributed by atoms with Gasteiger partial charge < -0.3 is 15.0 Å². The van der Waals surface area contributed by atoms with Crippen LogP contribution in [0.2, 0.25) is 0 Å². The van der Waals surface area contributed by atoms with Crippen LogP contribution < -0.4 is 5.32 Å². The second-order valence-corrected chi connectivity index (χ2v) is 6.53. The van der Waals surface area contributed by atoms with Crippen LogP contribution >= 0.6 is 11.3 Å². The number of fused-ring (bicyclic) bond motifs is 1. The van der Waals surface area contributed by atoms with E-state index in [9.17, 15) is 9.59 Å². The number of hydrogen-bond acceptors (Lipinski definition) is 5. The lowest BCUT2D eigenvalue weighted by Gasteiger charge is -2.13. The lowest BCUT2D eigenvalue weighted by atomic mass is 9.95. The van der Waals surface area contributed by atoms with Crippen LogP contribution in [-0.2, 0) is 22.4 Å². The number of esters is 1. The summed E-state index contributed by atoms with van der Waals surface area (Å²) in [5, 5.41) is 3.52. The summed E-state index contributed by atoms with van der Waals surface area (Å²) in [5.41, 5.74) is 1.65. The van der Waals surface area contributed by atoms with Crippen molar-refractivity contribution < 1.29 is 14.3 Å². The summed E-state index contributed by atoms with van der Waals surface area (Å²) in [6.07, 6.45) is 4.10. The molecule has 0 saturated carbocycles. The smallest absolute Gasteiger partial charge is 0.341 e. The predicted octanol–water partition coefficient (Wildman–Crippen LogP) is 2.30. The predicted molar refractivity (Wildman–Crippen MR) is 84.1 cm³/mol. The molecule has 0 radical (unpaired) electrons. The molecule has 0 unspecified atom stereocenters. The number of ether oxygens (including phenoxy) is 1. The molecule has 2 rings (SSSR count). The van der Waals surface area contributed by atoms with E-state index in [2.05, 4.69) is 5.32 Å². The summed E-state index contributed by atoms with van der Waals surface area (Å²) in [5.74, 6) is -0.429. The van der Waals surface area contributed by atoms with Crippen LogP contribution in [0.1, 0.15) is 40.6 Å². The first-order valence-corrected chi connectivity index (χ1v) is 8.10. The van der Waals surface area contributed by atoms with Crippen molar-refractivity contribution in [1.29, 1.82) is 0 Å². The van der Waals surface area contributed by atoms with Gasteiger partial charge in [0.25, 0.3) is 0 Å². The molecule has 6 heteroatoms. The molecule has 0 aromatic carbocycles. The number of anilines is 1. The third-order valence-corrected chi connectivity index (χ3v) is 4.57. The lowest BCUT2D eigenvalue weighted by molar-refractivity contribution is -0.116. The normalized spacial score (nSPS) is 13.9. The molecule has 0 spiro atoms. The average Bonchev–Trinajstić information content (AvgIpc) is 2.75. The number of carbonyl (C=O) groups excluding carboxylic acids is 2. The van der Waals surface area contributed by atoms with Crippen LogP contribution in [0.15, 0.2) is 0 Å². The molecule has 5 nitrogen and oxygen atoms in total. The van der Waals surface area contributed by atoms with Gasteiger partial charge in [0.15, 0.2) is 0 Å². The molecule has 0 atom stereocenters. The highest BCUT2D eigenvalue weighted by Gasteiger charge is 2.27. The minimum absolute atomic E-state index is 0.107. The molecule has 1 aliphatic rings. The molecule has 0 fully saturated rings. The molecule has 1 amide bonds. The highest BCUT2D eigenvalue weighted by Crippen LogP contribution is 2.38. The van der Waals surface area contributed by atoms with Crippen LogP contribution in [0.4, 0.5) is 5.00 Å². The van der Waals surface area contributed by atoms with Gasteiger partial charge in [-0.2, -0.15) is 0 Å². The first-order chi connectivity index (χ1) is 10.0. The highest BCUT2D eigenvalue weighted by molar-refractivity contribution is 7.17. The van der Waals surface area contributed by atoms with E-state index >= 15 is 0 Å². The van der Waals surface area contributed by atoms with Crippen LogP contribution in [0, 0.1) is 0 Å². The van der Waals surface area contributed by atoms with E-state index in [1.165, 1.54) is 16.2 Å². The van der Waals surface area contributed by atoms with Gasteiger partial charge in [0.1, 0.15) is 5.00 Å². The fraction of sp³-hybridized carbons (Fsp3) is 0.600. The van der Waals surface area contributed by atoms with Crippen molar-refractivity contribution in [3.05, 3.63) is 16.0 Å². The fourth-order valence-corrected chi connectivity index (χ4v) is 3.82. The Balaban J connectivity index is 2.28. The maximum absolute atomic E-state index is 12.2. The van der Waals surface area contributed by atoms with E-state index in [0.717, 1.165) is 31.2 Å². The van der Waals surface area contributed by atoms with Crippen LogP contribution in [0.5, 0.6) is 0 Å². The zero-order valence-electron chi connectivity index (χ0n) is 12.8. The topological polar surface area (TPSA) is 58.6 Å². The Morgan fingerprint density at radius 3 is 2.67 bits per heavy atom. The number of carbonyl (C=O) groups is 2. The number of hydrogen-bond donors (Lipinski definition) is 1. The fourth-order valence-electron chi connectivity index (χ4n) is 2.53. The zero-order valence-corrected chi connectivity index (χ0v) is 13.6. The van der Waals surface area contributed by atoms with Gasteiger partial charge in [-0.15, -0.1) is 11.3 Å². The summed E-state index contributed by atoms with van der Waals surface area (Å²) in [6, 6.07) is 0. The highest BCUT2D eigenvalue weighted by atomic mass is 32.1. The third kappa shape index (κ3) is 3.83. The van der Waals surface area contributed by atoms with Crippen molar-refractivity contribution in [3.63, 3.8) is 0 Å². The molecule has 1 heterocycles.